The van der Waals surface area contributed by atoms with E-state index in [1.54, 1.807) is 23.4 Å². The van der Waals surface area contributed by atoms with Crippen LogP contribution >= 0.6 is 0 Å². The normalized spacial score (nSPS) is 13.5. The number of pyridine rings is 1. The SMILES string of the molecule is CC(C)(C)OC(=O)N1CCn2c(c(C#N)c(C#N)c2-c2cccnc2)C1. The number of amides is 1. The Labute approximate surface area is 152 Å². The molecule has 26 heavy (non-hydrogen) atoms. The van der Waals surface area contributed by atoms with Crippen LogP contribution in [-0.2, 0) is 17.8 Å². The number of hydrogen-bond acceptors (Lipinski definition) is 5. The van der Waals surface area contributed by atoms with Crippen molar-refractivity contribution in [3.8, 4) is 23.4 Å². The predicted octanol–water partition coefficient (Wildman–Crippen LogP) is 3.04. The van der Waals surface area contributed by atoms with Crippen molar-refractivity contribution in [1.29, 1.82) is 10.5 Å². The van der Waals surface area contributed by atoms with Crippen LogP contribution in [0.5, 0.6) is 0 Å². The van der Waals surface area contributed by atoms with Gasteiger partial charge >= 0.3 is 6.09 Å². The van der Waals surface area contributed by atoms with Crippen molar-refractivity contribution >= 4 is 6.09 Å². The van der Waals surface area contributed by atoms with Gasteiger partial charge in [-0.3, -0.25) is 4.98 Å². The molecule has 7 nitrogen and oxygen atoms in total. The van der Waals surface area contributed by atoms with Gasteiger partial charge in [0.2, 0.25) is 0 Å². The Balaban J connectivity index is 2.04. The van der Waals surface area contributed by atoms with E-state index in [1.165, 1.54) is 0 Å². The van der Waals surface area contributed by atoms with E-state index in [2.05, 4.69) is 17.1 Å². The Morgan fingerprint density at radius 3 is 2.54 bits per heavy atom. The first-order valence-corrected chi connectivity index (χ1v) is 8.29. The molecule has 0 saturated heterocycles. The number of hydrogen-bond donors (Lipinski definition) is 0. The molecule has 0 N–H and O–H groups in total. The van der Waals surface area contributed by atoms with Gasteiger partial charge in [-0.25, -0.2) is 4.79 Å². The van der Waals surface area contributed by atoms with E-state index in [0.717, 1.165) is 5.56 Å². The molecule has 0 saturated carbocycles. The van der Waals surface area contributed by atoms with E-state index in [1.807, 2.05) is 31.4 Å². The summed E-state index contributed by atoms with van der Waals surface area (Å²) in [5, 5.41) is 19.2. The molecule has 3 rings (SSSR count). The van der Waals surface area contributed by atoms with Gasteiger partial charge in [-0.2, -0.15) is 10.5 Å². The topological polar surface area (TPSA) is 94.9 Å². The van der Waals surface area contributed by atoms with Gasteiger partial charge in [0.25, 0.3) is 0 Å². The lowest BCUT2D eigenvalue weighted by atomic mass is 10.1. The molecule has 0 fully saturated rings. The second kappa shape index (κ2) is 6.53. The lowest BCUT2D eigenvalue weighted by Gasteiger charge is -2.31. The molecule has 0 unspecified atom stereocenters. The molecule has 7 heteroatoms. The fourth-order valence-electron chi connectivity index (χ4n) is 3.07. The van der Waals surface area contributed by atoms with Crippen LogP contribution in [0.25, 0.3) is 11.3 Å². The van der Waals surface area contributed by atoms with E-state index >= 15 is 0 Å². The van der Waals surface area contributed by atoms with Crippen LogP contribution in [-0.4, -0.2) is 32.7 Å². The third kappa shape index (κ3) is 3.12. The summed E-state index contributed by atoms with van der Waals surface area (Å²) >= 11 is 0. The fraction of sp³-hybridized carbons (Fsp3) is 0.368. The Morgan fingerprint density at radius 1 is 1.23 bits per heavy atom. The maximum absolute atomic E-state index is 12.4. The second-order valence-electron chi connectivity index (χ2n) is 7.06. The van der Waals surface area contributed by atoms with Gasteiger partial charge in [0.1, 0.15) is 17.7 Å². The quantitative estimate of drug-likeness (QED) is 0.788. The van der Waals surface area contributed by atoms with Crippen molar-refractivity contribution in [3.05, 3.63) is 41.3 Å². The number of ether oxygens (including phenoxy) is 1. The van der Waals surface area contributed by atoms with Crippen molar-refractivity contribution in [2.24, 2.45) is 0 Å². The van der Waals surface area contributed by atoms with Crippen LogP contribution < -0.4 is 0 Å². The van der Waals surface area contributed by atoms with E-state index < -0.39 is 11.7 Å². The first-order chi connectivity index (χ1) is 12.4. The number of nitriles is 2. The van der Waals surface area contributed by atoms with Crippen molar-refractivity contribution in [2.45, 2.75) is 39.5 Å². The van der Waals surface area contributed by atoms with E-state index in [9.17, 15) is 15.3 Å². The largest absolute Gasteiger partial charge is 0.444 e. The molecule has 0 bridgehead atoms. The third-order valence-corrected chi connectivity index (χ3v) is 4.12. The number of carbonyl (C=O) groups excluding carboxylic acids is 1. The molecule has 0 atom stereocenters. The molecule has 0 aliphatic carbocycles. The maximum Gasteiger partial charge on any atom is 0.410 e. The first kappa shape index (κ1) is 17.5. The highest BCUT2D eigenvalue weighted by Gasteiger charge is 2.32. The maximum atomic E-state index is 12.4. The Morgan fingerprint density at radius 2 is 1.96 bits per heavy atom. The van der Waals surface area contributed by atoms with Crippen molar-refractivity contribution in [1.82, 2.24) is 14.5 Å². The van der Waals surface area contributed by atoms with E-state index in [4.69, 9.17) is 4.74 Å². The van der Waals surface area contributed by atoms with E-state index in [-0.39, 0.29) is 6.54 Å². The van der Waals surface area contributed by atoms with Gasteiger partial charge in [-0.15, -0.1) is 0 Å². The summed E-state index contributed by atoms with van der Waals surface area (Å²) in [7, 11) is 0. The fourth-order valence-corrected chi connectivity index (χ4v) is 3.07. The third-order valence-electron chi connectivity index (χ3n) is 4.12. The molecule has 0 aromatic carbocycles. The molecule has 1 aliphatic heterocycles. The zero-order valence-electron chi connectivity index (χ0n) is 15.0. The molecule has 132 valence electrons. The summed E-state index contributed by atoms with van der Waals surface area (Å²) in [5.74, 6) is 0. The highest BCUT2D eigenvalue weighted by atomic mass is 16.6. The Kier molecular flexibility index (Phi) is 4.40. The monoisotopic (exact) mass is 349 g/mol. The number of rotatable bonds is 1. The molecule has 2 aromatic rings. The minimum atomic E-state index is -0.590. The average molecular weight is 349 g/mol. The first-order valence-electron chi connectivity index (χ1n) is 8.29. The Hall–Kier alpha value is -3.32. The predicted molar refractivity (Wildman–Crippen MR) is 93.7 cm³/mol. The average Bonchev–Trinajstić information content (AvgIpc) is 2.93. The molecule has 1 amide bonds. The van der Waals surface area contributed by atoms with Crippen LogP contribution in [0.1, 0.15) is 37.6 Å². The molecule has 0 radical (unpaired) electrons. The lowest BCUT2D eigenvalue weighted by Crippen LogP contribution is -2.41. The minimum Gasteiger partial charge on any atom is -0.444 e. The molecular weight excluding hydrogens is 330 g/mol. The van der Waals surface area contributed by atoms with Crippen LogP contribution in [0.2, 0.25) is 0 Å². The summed E-state index contributed by atoms with van der Waals surface area (Å²) in [6, 6.07) is 7.93. The van der Waals surface area contributed by atoms with Crippen LogP contribution in [0.3, 0.4) is 0 Å². The summed E-state index contributed by atoms with van der Waals surface area (Å²) in [6.45, 7) is 6.59. The van der Waals surface area contributed by atoms with Gasteiger partial charge in [0.05, 0.1) is 29.1 Å². The molecule has 1 aliphatic rings. The van der Waals surface area contributed by atoms with Crippen LogP contribution in [0.15, 0.2) is 24.5 Å². The number of carbonyl (C=O) groups is 1. The molecule has 0 spiro atoms. The second-order valence-corrected chi connectivity index (χ2v) is 7.06. The molecule has 3 heterocycles. The summed E-state index contributed by atoms with van der Waals surface area (Å²) in [6.07, 6.45) is 2.91. The van der Waals surface area contributed by atoms with E-state index in [0.29, 0.717) is 35.6 Å². The zero-order valence-corrected chi connectivity index (χ0v) is 15.0. The van der Waals surface area contributed by atoms with Gasteiger partial charge in [0.15, 0.2) is 0 Å². The van der Waals surface area contributed by atoms with Gasteiger partial charge in [-0.1, -0.05) is 0 Å². The highest BCUT2D eigenvalue weighted by molar-refractivity contribution is 5.74. The van der Waals surface area contributed by atoms with Gasteiger partial charge < -0.3 is 14.2 Å². The standard InChI is InChI=1S/C19H19N5O2/c1-19(2,3)26-18(25)23-7-8-24-16(12-23)14(9-20)15(10-21)17(24)13-5-4-6-22-11-13/h4-6,11H,7-8,12H2,1-3H3. The minimum absolute atomic E-state index is 0.229. The number of nitrogens with zero attached hydrogens (tertiary/aromatic N) is 5. The molecule has 2 aromatic heterocycles. The van der Waals surface area contributed by atoms with Gasteiger partial charge in [-0.05, 0) is 32.9 Å². The summed E-state index contributed by atoms with van der Waals surface area (Å²) < 4.78 is 7.37. The zero-order chi connectivity index (χ0) is 18.9. The van der Waals surface area contributed by atoms with Crippen LogP contribution in [0.4, 0.5) is 4.79 Å². The smallest absolute Gasteiger partial charge is 0.410 e. The van der Waals surface area contributed by atoms with Crippen molar-refractivity contribution in [2.75, 3.05) is 6.54 Å². The molecular formula is C19H19N5O2. The van der Waals surface area contributed by atoms with Crippen molar-refractivity contribution < 1.29 is 9.53 Å². The highest BCUT2D eigenvalue weighted by Crippen LogP contribution is 2.33. The van der Waals surface area contributed by atoms with Gasteiger partial charge in [0, 0.05) is 31.0 Å². The summed E-state index contributed by atoms with van der Waals surface area (Å²) in [4.78, 5) is 18.1. The number of aromatic nitrogens is 2. The van der Waals surface area contributed by atoms with Crippen molar-refractivity contribution in [3.63, 3.8) is 0 Å². The number of fused-ring (bicyclic) bond motifs is 1. The van der Waals surface area contributed by atoms with Crippen LogP contribution in [0, 0.1) is 22.7 Å². The Bertz CT molecular complexity index is 926. The summed E-state index contributed by atoms with van der Waals surface area (Å²) in [5.41, 5.74) is 2.14. The lowest BCUT2D eigenvalue weighted by molar-refractivity contribution is 0.0199.